The van der Waals surface area contributed by atoms with Crippen molar-refractivity contribution in [2.75, 3.05) is 6.54 Å². The van der Waals surface area contributed by atoms with Crippen LogP contribution in [0.3, 0.4) is 0 Å². The average Bonchev–Trinajstić information content (AvgIpc) is 3.28. The molecule has 0 unspecified atom stereocenters. The lowest BCUT2D eigenvalue weighted by Gasteiger charge is -2.23. The summed E-state index contributed by atoms with van der Waals surface area (Å²) in [5.74, 6) is 2.30. The van der Waals surface area contributed by atoms with Gasteiger partial charge in [0.1, 0.15) is 12.1 Å². The fourth-order valence-electron chi connectivity index (χ4n) is 3.64. The first-order valence-corrected chi connectivity index (χ1v) is 8.73. The molecule has 1 fully saturated rings. The van der Waals surface area contributed by atoms with Crippen molar-refractivity contribution in [3.63, 3.8) is 0 Å². The van der Waals surface area contributed by atoms with Gasteiger partial charge in [-0.3, -0.25) is 4.90 Å². The van der Waals surface area contributed by atoms with Crippen LogP contribution < -0.4 is 0 Å². The highest BCUT2D eigenvalue weighted by Gasteiger charge is 2.30. The van der Waals surface area contributed by atoms with Crippen molar-refractivity contribution < 1.29 is 4.42 Å². The molecule has 1 saturated heterocycles. The predicted molar refractivity (Wildman–Crippen MR) is 93.7 cm³/mol. The second-order valence-corrected chi connectivity index (χ2v) is 6.98. The van der Waals surface area contributed by atoms with Crippen LogP contribution in [0, 0.1) is 0 Å². The fourth-order valence-corrected chi connectivity index (χ4v) is 3.64. The number of para-hydroxylation sites is 2. The Kier molecular flexibility index (Phi) is 3.88. The van der Waals surface area contributed by atoms with E-state index < -0.39 is 0 Å². The molecule has 24 heavy (non-hydrogen) atoms. The SMILES string of the molecule is CC(C)c1nc(CN2CCC[C@H]2c2nc3ccccc3n2C)co1. The van der Waals surface area contributed by atoms with Gasteiger partial charge in [0.05, 0.1) is 22.8 Å². The van der Waals surface area contributed by atoms with E-state index in [4.69, 9.17) is 9.40 Å². The summed E-state index contributed by atoms with van der Waals surface area (Å²) in [6.07, 6.45) is 4.15. The molecule has 1 aromatic carbocycles. The molecule has 5 heteroatoms. The summed E-state index contributed by atoms with van der Waals surface area (Å²) < 4.78 is 7.83. The van der Waals surface area contributed by atoms with Crippen molar-refractivity contribution in [1.82, 2.24) is 19.4 Å². The molecule has 0 saturated carbocycles. The van der Waals surface area contributed by atoms with Gasteiger partial charge < -0.3 is 8.98 Å². The quantitative estimate of drug-likeness (QED) is 0.727. The van der Waals surface area contributed by atoms with E-state index in [0.29, 0.717) is 12.0 Å². The van der Waals surface area contributed by atoms with Crippen LogP contribution in [0.1, 0.15) is 56.1 Å². The van der Waals surface area contributed by atoms with Crippen molar-refractivity contribution in [1.29, 1.82) is 0 Å². The molecule has 1 aliphatic heterocycles. The Balaban J connectivity index is 1.60. The number of hydrogen-bond acceptors (Lipinski definition) is 4. The summed E-state index contributed by atoms with van der Waals surface area (Å²) in [6, 6.07) is 8.70. The first-order valence-electron chi connectivity index (χ1n) is 8.73. The van der Waals surface area contributed by atoms with Gasteiger partial charge in [-0.1, -0.05) is 26.0 Å². The number of aryl methyl sites for hydroxylation is 1. The van der Waals surface area contributed by atoms with Gasteiger partial charge in [0.15, 0.2) is 5.89 Å². The molecule has 0 aliphatic carbocycles. The van der Waals surface area contributed by atoms with Crippen LogP contribution in [-0.2, 0) is 13.6 Å². The first kappa shape index (κ1) is 15.4. The van der Waals surface area contributed by atoms with E-state index >= 15 is 0 Å². The molecule has 126 valence electrons. The third-order valence-electron chi connectivity index (χ3n) is 4.91. The topological polar surface area (TPSA) is 47.1 Å². The van der Waals surface area contributed by atoms with Gasteiger partial charge in [0.25, 0.3) is 0 Å². The number of nitrogens with zero attached hydrogens (tertiary/aromatic N) is 4. The molecule has 2 aromatic heterocycles. The fraction of sp³-hybridized carbons (Fsp3) is 0.474. The number of fused-ring (bicyclic) bond motifs is 1. The summed E-state index contributed by atoms with van der Waals surface area (Å²) in [5.41, 5.74) is 3.29. The molecule has 0 radical (unpaired) electrons. The minimum absolute atomic E-state index is 0.327. The zero-order valence-corrected chi connectivity index (χ0v) is 14.6. The van der Waals surface area contributed by atoms with Gasteiger partial charge in [0, 0.05) is 19.5 Å². The molecular weight excluding hydrogens is 300 g/mol. The molecular formula is C19H24N4O. The summed E-state index contributed by atoms with van der Waals surface area (Å²) in [6.45, 7) is 6.11. The van der Waals surface area contributed by atoms with Crippen LogP contribution in [0.5, 0.6) is 0 Å². The lowest BCUT2D eigenvalue weighted by atomic mass is 10.2. The predicted octanol–water partition coefficient (Wildman–Crippen LogP) is 4.02. The molecule has 4 rings (SSSR count). The van der Waals surface area contributed by atoms with Crippen molar-refractivity contribution in [3.05, 3.63) is 47.9 Å². The van der Waals surface area contributed by atoms with E-state index in [1.807, 2.05) is 6.07 Å². The minimum atomic E-state index is 0.327. The van der Waals surface area contributed by atoms with Gasteiger partial charge in [-0.25, -0.2) is 9.97 Å². The molecule has 3 aromatic rings. The Morgan fingerprint density at radius 1 is 1.25 bits per heavy atom. The van der Waals surface area contributed by atoms with Gasteiger partial charge in [-0.2, -0.15) is 0 Å². The van der Waals surface area contributed by atoms with E-state index in [0.717, 1.165) is 42.4 Å². The summed E-state index contributed by atoms with van der Waals surface area (Å²) in [7, 11) is 2.12. The number of aromatic nitrogens is 3. The van der Waals surface area contributed by atoms with Crippen LogP contribution in [0.4, 0.5) is 0 Å². The monoisotopic (exact) mass is 324 g/mol. The van der Waals surface area contributed by atoms with Crippen LogP contribution >= 0.6 is 0 Å². The maximum absolute atomic E-state index is 5.59. The normalized spacial score (nSPS) is 18.9. The Bertz CT molecular complexity index is 848. The molecule has 0 N–H and O–H groups in total. The lowest BCUT2D eigenvalue weighted by Crippen LogP contribution is -2.25. The van der Waals surface area contributed by atoms with E-state index in [-0.39, 0.29) is 0 Å². The Hall–Kier alpha value is -2.14. The van der Waals surface area contributed by atoms with Crippen LogP contribution in [0.2, 0.25) is 0 Å². The van der Waals surface area contributed by atoms with E-state index in [1.54, 1.807) is 6.26 Å². The molecule has 5 nitrogen and oxygen atoms in total. The smallest absolute Gasteiger partial charge is 0.196 e. The Morgan fingerprint density at radius 3 is 2.83 bits per heavy atom. The Morgan fingerprint density at radius 2 is 2.08 bits per heavy atom. The highest BCUT2D eigenvalue weighted by molar-refractivity contribution is 5.75. The van der Waals surface area contributed by atoms with Crippen LogP contribution in [0.15, 0.2) is 34.9 Å². The standard InChI is InChI=1S/C19H24N4O/c1-13(2)19-20-14(12-24-19)11-23-10-6-9-17(23)18-21-15-7-4-5-8-16(15)22(18)3/h4-5,7-8,12-13,17H,6,9-11H2,1-3H3/t17-/m0/s1. The van der Waals surface area contributed by atoms with Crippen molar-refractivity contribution in [2.24, 2.45) is 7.05 Å². The number of benzene rings is 1. The zero-order chi connectivity index (χ0) is 16.7. The summed E-state index contributed by atoms with van der Waals surface area (Å²) in [5, 5.41) is 0. The number of rotatable bonds is 4. The van der Waals surface area contributed by atoms with E-state index in [9.17, 15) is 0 Å². The third-order valence-corrected chi connectivity index (χ3v) is 4.91. The summed E-state index contributed by atoms with van der Waals surface area (Å²) >= 11 is 0. The molecule has 1 atom stereocenters. The number of oxazole rings is 1. The first-order chi connectivity index (χ1) is 11.6. The van der Waals surface area contributed by atoms with E-state index in [1.165, 1.54) is 11.9 Å². The lowest BCUT2D eigenvalue weighted by molar-refractivity contribution is 0.234. The Labute approximate surface area is 142 Å². The van der Waals surface area contributed by atoms with Gasteiger partial charge in [-0.15, -0.1) is 0 Å². The van der Waals surface area contributed by atoms with Gasteiger partial charge in [0.2, 0.25) is 0 Å². The minimum Gasteiger partial charge on any atom is -0.448 e. The molecule has 3 heterocycles. The second-order valence-electron chi connectivity index (χ2n) is 6.98. The molecule has 0 spiro atoms. The average molecular weight is 324 g/mol. The zero-order valence-electron chi connectivity index (χ0n) is 14.6. The highest BCUT2D eigenvalue weighted by Crippen LogP contribution is 2.34. The van der Waals surface area contributed by atoms with Crippen LogP contribution in [0.25, 0.3) is 11.0 Å². The molecule has 0 bridgehead atoms. The number of likely N-dealkylation sites (tertiary alicyclic amines) is 1. The van der Waals surface area contributed by atoms with Crippen molar-refractivity contribution >= 4 is 11.0 Å². The maximum atomic E-state index is 5.59. The van der Waals surface area contributed by atoms with E-state index in [2.05, 4.69) is 53.5 Å². The molecule has 0 amide bonds. The van der Waals surface area contributed by atoms with Crippen LogP contribution in [-0.4, -0.2) is 26.0 Å². The number of hydrogen-bond donors (Lipinski definition) is 0. The third kappa shape index (κ3) is 2.63. The number of imidazole rings is 1. The largest absolute Gasteiger partial charge is 0.448 e. The molecule has 1 aliphatic rings. The van der Waals surface area contributed by atoms with Gasteiger partial charge in [-0.05, 0) is 31.5 Å². The van der Waals surface area contributed by atoms with Gasteiger partial charge >= 0.3 is 0 Å². The highest BCUT2D eigenvalue weighted by atomic mass is 16.3. The second kappa shape index (κ2) is 6.06. The maximum Gasteiger partial charge on any atom is 0.196 e. The van der Waals surface area contributed by atoms with Crippen molar-refractivity contribution in [2.45, 2.75) is 45.2 Å². The van der Waals surface area contributed by atoms with Crippen molar-refractivity contribution in [3.8, 4) is 0 Å². The summed E-state index contributed by atoms with van der Waals surface area (Å²) in [4.78, 5) is 12.0.